The lowest BCUT2D eigenvalue weighted by molar-refractivity contribution is -0.153. The Kier molecular flexibility index (Phi) is 4.86. The highest BCUT2D eigenvalue weighted by molar-refractivity contribution is 9.11. The zero-order valence-corrected chi connectivity index (χ0v) is 13.0. The van der Waals surface area contributed by atoms with Crippen molar-refractivity contribution in [3.63, 3.8) is 0 Å². The number of carbonyl (C=O) groups is 2. The molecule has 0 atom stereocenters. The molecule has 1 rings (SSSR count). The minimum atomic E-state index is -0.560. The maximum atomic E-state index is 11.7. The van der Waals surface area contributed by atoms with E-state index in [-0.39, 0.29) is 12.1 Å². The Hall–Kier alpha value is -0.950. The van der Waals surface area contributed by atoms with Gasteiger partial charge in [-0.15, -0.1) is 11.3 Å². The lowest BCUT2D eigenvalue weighted by Crippen LogP contribution is -2.25. The van der Waals surface area contributed by atoms with Gasteiger partial charge in [-0.3, -0.25) is 4.79 Å². The summed E-state index contributed by atoms with van der Waals surface area (Å²) in [6.07, 6.45) is 0.00493. The van der Waals surface area contributed by atoms with Gasteiger partial charge in [0, 0.05) is 0 Å². The Morgan fingerprint density at radius 3 is 2.50 bits per heavy atom. The van der Waals surface area contributed by atoms with E-state index in [1.807, 2.05) is 0 Å². The molecule has 18 heavy (non-hydrogen) atoms. The van der Waals surface area contributed by atoms with Crippen molar-refractivity contribution in [3.8, 4) is 0 Å². The predicted octanol–water partition coefficient (Wildman–Crippen LogP) is 2.58. The largest absolute Gasteiger partial charge is 0.464 e. The van der Waals surface area contributed by atoms with Crippen LogP contribution < -0.4 is 0 Å². The minimum absolute atomic E-state index is 0.00493. The topological polar surface area (TPSA) is 65.5 Å². The summed E-state index contributed by atoms with van der Waals surface area (Å²) in [4.78, 5) is 27.7. The van der Waals surface area contributed by atoms with Gasteiger partial charge in [0.05, 0.1) is 18.4 Å². The molecule has 0 radical (unpaired) electrons. The maximum absolute atomic E-state index is 11.7. The van der Waals surface area contributed by atoms with Gasteiger partial charge in [0.15, 0.2) is 9.61 Å². The van der Waals surface area contributed by atoms with Crippen LogP contribution >= 0.6 is 27.3 Å². The molecule has 0 unspecified atom stereocenters. The van der Waals surface area contributed by atoms with Crippen LogP contribution in [0.4, 0.5) is 0 Å². The van der Waals surface area contributed by atoms with Crippen molar-refractivity contribution in [1.29, 1.82) is 0 Å². The molecule has 1 heterocycles. The summed E-state index contributed by atoms with van der Waals surface area (Å²) in [5.41, 5.74) is -0.398. The molecule has 5 nitrogen and oxygen atoms in total. The van der Waals surface area contributed by atoms with Crippen molar-refractivity contribution in [2.45, 2.75) is 32.8 Å². The fourth-order valence-electron chi connectivity index (χ4n) is 1.21. The highest BCUT2D eigenvalue weighted by Gasteiger charge is 2.23. The average molecular weight is 336 g/mol. The third kappa shape index (κ3) is 4.38. The van der Waals surface area contributed by atoms with E-state index in [4.69, 9.17) is 4.74 Å². The summed E-state index contributed by atoms with van der Waals surface area (Å²) in [6.45, 7) is 5.36. The SMILES string of the molecule is COC(=O)c1nc(Br)sc1CC(=O)OC(C)(C)C. The van der Waals surface area contributed by atoms with E-state index in [1.54, 1.807) is 20.8 Å². The molecule has 0 aliphatic heterocycles. The number of thiazole rings is 1. The predicted molar refractivity (Wildman–Crippen MR) is 70.7 cm³/mol. The van der Waals surface area contributed by atoms with E-state index >= 15 is 0 Å². The first-order valence-corrected chi connectivity index (χ1v) is 6.79. The molecule has 100 valence electrons. The summed E-state index contributed by atoms with van der Waals surface area (Å²) in [5.74, 6) is -0.959. The number of nitrogens with zero attached hydrogens (tertiary/aromatic N) is 1. The Morgan fingerprint density at radius 2 is 2.00 bits per heavy atom. The summed E-state index contributed by atoms with van der Waals surface area (Å²) in [7, 11) is 1.27. The van der Waals surface area contributed by atoms with E-state index < -0.39 is 17.5 Å². The number of carbonyl (C=O) groups excluding carboxylic acids is 2. The number of aromatic nitrogens is 1. The third-order valence-electron chi connectivity index (χ3n) is 1.77. The molecule has 0 amide bonds. The highest BCUT2D eigenvalue weighted by atomic mass is 79.9. The number of hydrogen-bond acceptors (Lipinski definition) is 6. The Morgan fingerprint density at radius 1 is 1.39 bits per heavy atom. The van der Waals surface area contributed by atoms with Crippen molar-refractivity contribution in [1.82, 2.24) is 4.98 Å². The molecule has 0 fully saturated rings. The van der Waals surface area contributed by atoms with Gasteiger partial charge in [0.2, 0.25) is 0 Å². The highest BCUT2D eigenvalue weighted by Crippen LogP contribution is 2.25. The van der Waals surface area contributed by atoms with Crippen LogP contribution in [0.5, 0.6) is 0 Å². The zero-order chi connectivity index (χ0) is 13.9. The first kappa shape index (κ1) is 15.1. The van der Waals surface area contributed by atoms with Gasteiger partial charge >= 0.3 is 11.9 Å². The van der Waals surface area contributed by atoms with E-state index in [9.17, 15) is 9.59 Å². The van der Waals surface area contributed by atoms with Crippen molar-refractivity contribution in [2.75, 3.05) is 7.11 Å². The zero-order valence-electron chi connectivity index (χ0n) is 10.6. The standard InChI is InChI=1S/C11H14BrNO4S/c1-11(2,3)17-7(14)5-6-8(9(15)16-4)13-10(12)18-6/h5H2,1-4H3. The molecule has 1 aromatic heterocycles. The molecule has 0 aliphatic rings. The second-order valence-corrected chi connectivity index (χ2v) is 6.85. The minimum Gasteiger partial charge on any atom is -0.464 e. The van der Waals surface area contributed by atoms with Crippen molar-refractivity contribution < 1.29 is 19.1 Å². The van der Waals surface area contributed by atoms with Crippen LogP contribution in [0.15, 0.2) is 3.92 Å². The van der Waals surface area contributed by atoms with Gasteiger partial charge in [-0.25, -0.2) is 9.78 Å². The molecule has 7 heteroatoms. The van der Waals surface area contributed by atoms with Crippen LogP contribution in [0.25, 0.3) is 0 Å². The van der Waals surface area contributed by atoms with E-state index in [0.717, 1.165) is 0 Å². The van der Waals surface area contributed by atoms with Gasteiger partial charge in [-0.2, -0.15) is 0 Å². The van der Waals surface area contributed by atoms with Crippen molar-refractivity contribution in [2.24, 2.45) is 0 Å². The van der Waals surface area contributed by atoms with Crippen molar-refractivity contribution in [3.05, 3.63) is 14.5 Å². The summed E-state index contributed by atoms with van der Waals surface area (Å²) >= 11 is 4.40. The molecule has 0 saturated carbocycles. The summed E-state index contributed by atoms with van der Waals surface area (Å²) in [5, 5.41) is 0. The van der Waals surface area contributed by atoms with Crippen molar-refractivity contribution >= 4 is 39.2 Å². The second-order valence-electron chi connectivity index (χ2n) is 4.49. The maximum Gasteiger partial charge on any atom is 0.357 e. The molecule has 0 spiro atoms. The molecule has 0 aliphatic carbocycles. The number of rotatable bonds is 3. The normalized spacial score (nSPS) is 11.2. The smallest absolute Gasteiger partial charge is 0.357 e. The fourth-order valence-corrected chi connectivity index (χ4v) is 2.73. The Bertz CT molecular complexity index is 464. The number of ether oxygens (including phenoxy) is 2. The summed E-state index contributed by atoms with van der Waals surface area (Å²) < 4.78 is 10.3. The van der Waals surface area contributed by atoms with E-state index in [0.29, 0.717) is 8.79 Å². The number of esters is 2. The van der Waals surface area contributed by atoms with Gasteiger partial charge < -0.3 is 9.47 Å². The third-order valence-corrected chi connectivity index (χ3v) is 3.28. The van der Waals surface area contributed by atoms with Crippen LogP contribution in [0, 0.1) is 0 Å². The van der Waals surface area contributed by atoms with E-state index in [1.165, 1.54) is 18.4 Å². The molecule has 0 bridgehead atoms. The molecular weight excluding hydrogens is 322 g/mol. The molecule has 0 aromatic carbocycles. The average Bonchev–Trinajstić information content (AvgIpc) is 2.55. The van der Waals surface area contributed by atoms with Crippen LogP contribution in [-0.4, -0.2) is 29.6 Å². The monoisotopic (exact) mass is 335 g/mol. The van der Waals surface area contributed by atoms with Gasteiger partial charge in [0.25, 0.3) is 0 Å². The fraction of sp³-hybridized carbons (Fsp3) is 0.545. The molecule has 0 saturated heterocycles. The molecular formula is C11H14BrNO4S. The first-order chi connectivity index (χ1) is 8.23. The Labute approximate surface area is 118 Å². The number of hydrogen-bond donors (Lipinski definition) is 0. The van der Waals surface area contributed by atoms with Crippen LogP contribution in [0.2, 0.25) is 0 Å². The van der Waals surface area contributed by atoms with Gasteiger partial charge in [0.1, 0.15) is 5.60 Å². The lowest BCUT2D eigenvalue weighted by atomic mass is 10.2. The van der Waals surface area contributed by atoms with Gasteiger partial charge in [-0.1, -0.05) is 0 Å². The quantitative estimate of drug-likeness (QED) is 0.794. The summed E-state index contributed by atoms with van der Waals surface area (Å²) in [6, 6.07) is 0. The first-order valence-electron chi connectivity index (χ1n) is 5.18. The van der Waals surface area contributed by atoms with Crippen LogP contribution in [-0.2, 0) is 20.7 Å². The lowest BCUT2D eigenvalue weighted by Gasteiger charge is -2.19. The van der Waals surface area contributed by atoms with E-state index in [2.05, 4.69) is 25.7 Å². The number of methoxy groups -OCH3 is 1. The molecule has 0 N–H and O–H groups in total. The van der Waals surface area contributed by atoms with Gasteiger partial charge in [-0.05, 0) is 36.7 Å². The molecule has 1 aromatic rings. The van der Waals surface area contributed by atoms with Crippen LogP contribution in [0.3, 0.4) is 0 Å². The number of halogens is 1. The second kappa shape index (κ2) is 5.79. The van der Waals surface area contributed by atoms with Crippen LogP contribution in [0.1, 0.15) is 36.1 Å². The Balaban J connectivity index is 2.84.